The zero-order valence-electron chi connectivity index (χ0n) is 12.5. The van der Waals surface area contributed by atoms with Gasteiger partial charge in [0.25, 0.3) is 0 Å². The fourth-order valence-electron chi connectivity index (χ4n) is 2.07. The Hall–Kier alpha value is -1.26. The zero-order valence-corrected chi connectivity index (χ0v) is 13.2. The molecule has 5 heteroatoms. The number of benzene rings is 1. The van der Waals surface area contributed by atoms with Gasteiger partial charge < -0.3 is 14.4 Å². The molecule has 1 rings (SSSR count). The van der Waals surface area contributed by atoms with E-state index in [-0.39, 0.29) is 17.7 Å². The van der Waals surface area contributed by atoms with Gasteiger partial charge in [0.2, 0.25) is 5.91 Å². The van der Waals surface area contributed by atoms with Crippen molar-refractivity contribution in [2.24, 2.45) is 0 Å². The second-order valence-corrected chi connectivity index (χ2v) is 4.99. The predicted molar refractivity (Wildman–Crippen MR) is 82.0 cm³/mol. The van der Waals surface area contributed by atoms with E-state index >= 15 is 0 Å². The quantitative estimate of drug-likeness (QED) is 0.726. The summed E-state index contributed by atoms with van der Waals surface area (Å²) < 4.78 is 10.5. The molecule has 0 heterocycles. The number of amides is 1. The van der Waals surface area contributed by atoms with Crippen LogP contribution in [0.2, 0.25) is 0 Å². The third-order valence-corrected chi connectivity index (χ3v) is 3.31. The van der Waals surface area contributed by atoms with Gasteiger partial charge in [-0.25, -0.2) is 0 Å². The summed E-state index contributed by atoms with van der Waals surface area (Å²) in [4.78, 5) is 13.8. The van der Waals surface area contributed by atoms with Crippen molar-refractivity contribution in [2.75, 3.05) is 38.2 Å². The minimum Gasteiger partial charge on any atom is -0.495 e. The average Bonchev–Trinajstić information content (AvgIpc) is 2.46. The third kappa shape index (κ3) is 3.87. The molecular weight excluding hydrogens is 278 g/mol. The number of rotatable bonds is 7. The zero-order chi connectivity index (χ0) is 15.1. The fourth-order valence-corrected chi connectivity index (χ4v) is 2.22. The van der Waals surface area contributed by atoms with E-state index in [2.05, 4.69) is 13.8 Å². The summed E-state index contributed by atoms with van der Waals surface area (Å²) in [6.45, 7) is 5.05. The highest BCUT2D eigenvalue weighted by Gasteiger charge is 2.22. The summed E-state index contributed by atoms with van der Waals surface area (Å²) in [6, 6.07) is 5.78. The van der Waals surface area contributed by atoms with Gasteiger partial charge in [-0.15, -0.1) is 11.6 Å². The van der Waals surface area contributed by atoms with E-state index in [9.17, 15) is 4.79 Å². The number of para-hydroxylation sites is 1. The summed E-state index contributed by atoms with van der Waals surface area (Å²) in [5, 5.41) is 0. The van der Waals surface area contributed by atoms with Crippen LogP contribution in [0.25, 0.3) is 0 Å². The first-order valence-corrected chi connectivity index (χ1v) is 7.12. The molecule has 0 bridgehead atoms. The molecule has 0 N–H and O–H groups in total. The standard InChI is InChI=1S/C15H22ClNO3/c1-11(2)12-6-5-7-13(20-4)15(12)17(8-9-19-3)14(18)10-16/h5-7,11H,8-10H2,1-4H3. The van der Waals surface area contributed by atoms with Crippen LogP contribution in [-0.2, 0) is 9.53 Å². The first-order chi connectivity index (χ1) is 9.56. The number of carbonyl (C=O) groups is 1. The van der Waals surface area contributed by atoms with Crippen LogP contribution in [0.4, 0.5) is 5.69 Å². The number of anilines is 1. The molecule has 0 unspecified atom stereocenters. The van der Waals surface area contributed by atoms with E-state index in [1.807, 2.05) is 18.2 Å². The molecule has 0 atom stereocenters. The Bertz CT molecular complexity index is 449. The van der Waals surface area contributed by atoms with Crippen molar-refractivity contribution < 1.29 is 14.3 Å². The molecular formula is C15H22ClNO3. The number of hydrogen-bond acceptors (Lipinski definition) is 3. The van der Waals surface area contributed by atoms with Crippen molar-refractivity contribution in [1.29, 1.82) is 0 Å². The van der Waals surface area contributed by atoms with Gasteiger partial charge in [-0.05, 0) is 17.5 Å². The van der Waals surface area contributed by atoms with E-state index in [1.165, 1.54) is 0 Å². The molecule has 112 valence electrons. The van der Waals surface area contributed by atoms with Crippen LogP contribution in [0, 0.1) is 0 Å². The SMILES string of the molecule is COCCN(C(=O)CCl)c1c(OC)cccc1C(C)C. The maximum Gasteiger partial charge on any atom is 0.242 e. The lowest BCUT2D eigenvalue weighted by atomic mass is 9.99. The molecule has 1 aromatic rings. The number of alkyl halides is 1. The van der Waals surface area contributed by atoms with Crippen LogP contribution >= 0.6 is 11.6 Å². The van der Waals surface area contributed by atoms with E-state index in [0.29, 0.717) is 18.9 Å². The topological polar surface area (TPSA) is 38.8 Å². The second-order valence-electron chi connectivity index (χ2n) is 4.72. The smallest absolute Gasteiger partial charge is 0.242 e. The third-order valence-electron chi connectivity index (χ3n) is 3.08. The van der Waals surface area contributed by atoms with Crippen LogP contribution in [0.5, 0.6) is 5.75 Å². The van der Waals surface area contributed by atoms with Gasteiger partial charge in [-0.1, -0.05) is 26.0 Å². The molecule has 4 nitrogen and oxygen atoms in total. The fraction of sp³-hybridized carbons (Fsp3) is 0.533. The lowest BCUT2D eigenvalue weighted by Gasteiger charge is -2.27. The summed E-state index contributed by atoms with van der Waals surface area (Å²) in [5.41, 5.74) is 1.84. The number of methoxy groups -OCH3 is 2. The summed E-state index contributed by atoms with van der Waals surface area (Å²) in [6.07, 6.45) is 0. The minimum absolute atomic E-state index is 0.0701. The molecule has 0 saturated carbocycles. The van der Waals surface area contributed by atoms with Crippen molar-refractivity contribution in [3.8, 4) is 5.75 Å². The van der Waals surface area contributed by atoms with Crippen molar-refractivity contribution in [2.45, 2.75) is 19.8 Å². The van der Waals surface area contributed by atoms with Gasteiger partial charge in [0, 0.05) is 13.7 Å². The van der Waals surface area contributed by atoms with Crippen LogP contribution in [-0.4, -0.2) is 39.2 Å². The highest BCUT2D eigenvalue weighted by molar-refractivity contribution is 6.29. The summed E-state index contributed by atoms with van der Waals surface area (Å²) in [7, 11) is 3.21. The molecule has 0 fully saturated rings. The van der Waals surface area contributed by atoms with Crippen molar-refractivity contribution in [1.82, 2.24) is 0 Å². The molecule has 1 aromatic carbocycles. The van der Waals surface area contributed by atoms with Gasteiger partial charge in [-0.3, -0.25) is 4.79 Å². The number of nitrogens with zero attached hydrogens (tertiary/aromatic N) is 1. The van der Waals surface area contributed by atoms with Gasteiger partial charge in [0.05, 0.1) is 19.4 Å². The molecule has 0 aliphatic carbocycles. The Kier molecular flexibility index (Phi) is 6.82. The molecule has 0 aliphatic heterocycles. The second kappa shape index (κ2) is 8.12. The first kappa shape index (κ1) is 16.8. The summed E-state index contributed by atoms with van der Waals surface area (Å²) >= 11 is 5.73. The lowest BCUT2D eigenvalue weighted by molar-refractivity contribution is -0.116. The first-order valence-electron chi connectivity index (χ1n) is 6.59. The van der Waals surface area contributed by atoms with Crippen LogP contribution in [0.3, 0.4) is 0 Å². The van der Waals surface area contributed by atoms with Gasteiger partial charge >= 0.3 is 0 Å². The highest BCUT2D eigenvalue weighted by atomic mass is 35.5. The average molecular weight is 300 g/mol. The molecule has 0 saturated heterocycles. The Morgan fingerprint density at radius 1 is 1.35 bits per heavy atom. The summed E-state index contributed by atoms with van der Waals surface area (Å²) in [5.74, 6) is 0.716. The Morgan fingerprint density at radius 3 is 2.55 bits per heavy atom. The largest absolute Gasteiger partial charge is 0.495 e. The van der Waals surface area contributed by atoms with Gasteiger partial charge in [0.15, 0.2) is 0 Å². The molecule has 0 aromatic heterocycles. The number of hydrogen-bond donors (Lipinski definition) is 0. The van der Waals surface area contributed by atoms with E-state index in [1.54, 1.807) is 19.1 Å². The highest BCUT2D eigenvalue weighted by Crippen LogP contribution is 2.36. The van der Waals surface area contributed by atoms with Crippen molar-refractivity contribution in [3.05, 3.63) is 23.8 Å². The Morgan fingerprint density at radius 2 is 2.05 bits per heavy atom. The lowest BCUT2D eigenvalue weighted by Crippen LogP contribution is -2.36. The number of ether oxygens (including phenoxy) is 2. The van der Waals surface area contributed by atoms with Crippen molar-refractivity contribution in [3.63, 3.8) is 0 Å². The van der Waals surface area contributed by atoms with Crippen LogP contribution in [0.1, 0.15) is 25.3 Å². The number of carbonyl (C=O) groups excluding carboxylic acids is 1. The maximum atomic E-state index is 12.1. The van der Waals surface area contributed by atoms with Gasteiger partial charge in [0.1, 0.15) is 11.6 Å². The van der Waals surface area contributed by atoms with Crippen LogP contribution in [0.15, 0.2) is 18.2 Å². The van der Waals surface area contributed by atoms with Gasteiger partial charge in [-0.2, -0.15) is 0 Å². The molecule has 0 aliphatic rings. The normalized spacial score (nSPS) is 10.7. The number of halogens is 1. The monoisotopic (exact) mass is 299 g/mol. The van der Waals surface area contributed by atoms with Crippen LogP contribution < -0.4 is 9.64 Å². The van der Waals surface area contributed by atoms with E-state index in [4.69, 9.17) is 21.1 Å². The Balaban J connectivity index is 3.31. The molecule has 0 radical (unpaired) electrons. The predicted octanol–water partition coefficient (Wildman–Crippen LogP) is 3.04. The molecule has 0 spiro atoms. The van der Waals surface area contributed by atoms with Crippen molar-refractivity contribution >= 4 is 23.2 Å². The molecule has 1 amide bonds. The van der Waals surface area contributed by atoms with E-state index < -0.39 is 0 Å². The minimum atomic E-state index is -0.157. The molecule has 20 heavy (non-hydrogen) atoms. The maximum absolute atomic E-state index is 12.1. The Labute approximate surface area is 125 Å². The van der Waals surface area contributed by atoms with E-state index in [0.717, 1.165) is 11.3 Å².